The average molecular weight is 272 g/mol. The molecule has 2 atom stereocenters. The highest BCUT2D eigenvalue weighted by Crippen LogP contribution is 2.35. The minimum Gasteiger partial charge on any atom is -0.319 e. The van der Waals surface area contributed by atoms with Gasteiger partial charge in [0.25, 0.3) is 0 Å². The predicted molar refractivity (Wildman–Crippen MR) is 80.2 cm³/mol. The predicted octanol–water partition coefficient (Wildman–Crippen LogP) is 3.00. The van der Waals surface area contributed by atoms with Gasteiger partial charge in [-0.3, -0.25) is 10.1 Å². The van der Waals surface area contributed by atoms with Crippen LogP contribution in [-0.2, 0) is 4.79 Å². The molecule has 1 aliphatic heterocycles. The third-order valence-electron chi connectivity index (χ3n) is 4.89. The molecule has 2 aliphatic rings. The lowest BCUT2D eigenvalue weighted by molar-refractivity contribution is -0.131. The van der Waals surface area contributed by atoms with Crippen molar-refractivity contribution < 1.29 is 4.79 Å². The molecule has 3 heteroatoms. The molecule has 3 rings (SSSR count). The molecule has 0 radical (unpaired) electrons. The number of hydrogen-bond acceptors (Lipinski definition) is 2. The van der Waals surface area contributed by atoms with Crippen molar-refractivity contribution in [1.82, 2.24) is 10.2 Å². The quantitative estimate of drug-likeness (QED) is 0.917. The van der Waals surface area contributed by atoms with Crippen LogP contribution >= 0.6 is 0 Å². The van der Waals surface area contributed by atoms with Gasteiger partial charge < -0.3 is 4.90 Å². The lowest BCUT2D eigenvalue weighted by Gasteiger charge is -2.34. The molecule has 0 spiro atoms. The van der Waals surface area contributed by atoms with Gasteiger partial charge in [-0.05, 0) is 38.2 Å². The summed E-state index contributed by atoms with van der Waals surface area (Å²) < 4.78 is 0. The van der Waals surface area contributed by atoms with Crippen LogP contribution in [0.1, 0.15) is 49.9 Å². The molecule has 1 aliphatic carbocycles. The van der Waals surface area contributed by atoms with Gasteiger partial charge in [-0.2, -0.15) is 0 Å². The first-order chi connectivity index (χ1) is 9.66. The van der Waals surface area contributed by atoms with Gasteiger partial charge in [0.1, 0.15) is 6.17 Å². The highest BCUT2D eigenvalue weighted by atomic mass is 16.2. The number of carbonyl (C=O) groups is 1. The Morgan fingerprint density at radius 3 is 2.75 bits per heavy atom. The zero-order valence-corrected chi connectivity index (χ0v) is 12.4. The lowest BCUT2D eigenvalue weighted by atomic mass is 9.97. The van der Waals surface area contributed by atoms with E-state index in [-0.39, 0.29) is 12.1 Å². The fourth-order valence-electron chi connectivity index (χ4n) is 3.77. The van der Waals surface area contributed by atoms with Crippen molar-refractivity contribution in [3.8, 4) is 0 Å². The van der Waals surface area contributed by atoms with Crippen LogP contribution in [0.5, 0.6) is 0 Å². The molecule has 0 aromatic heterocycles. The van der Waals surface area contributed by atoms with Gasteiger partial charge in [0, 0.05) is 6.04 Å². The molecule has 1 amide bonds. The van der Waals surface area contributed by atoms with Crippen LogP contribution < -0.4 is 5.32 Å². The average Bonchev–Trinajstić information content (AvgIpc) is 3.07. The van der Waals surface area contributed by atoms with Crippen LogP contribution in [0, 0.1) is 12.8 Å². The summed E-state index contributed by atoms with van der Waals surface area (Å²) in [6.45, 7) is 4.80. The Morgan fingerprint density at radius 2 is 2.05 bits per heavy atom. The maximum absolute atomic E-state index is 12.3. The van der Waals surface area contributed by atoms with Gasteiger partial charge in [0.15, 0.2) is 0 Å². The lowest BCUT2D eigenvalue weighted by Crippen LogP contribution is -2.41. The van der Waals surface area contributed by atoms with Gasteiger partial charge in [0.05, 0.1) is 6.54 Å². The maximum atomic E-state index is 12.3. The monoisotopic (exact) mass is 272 g/mol. The maximum Gasteiger partial charge on any atom is 0.238 e. The van der Waals surface area contributed by atoms with Gasteiger partial charge >= 0.3 is 0 Å². The van der Waals surface area contributed by atoms with E-state index in [0.29, 0.717) is 18.5 Å². The number of hydrogen-bond donors (Lipinski definition) is 1. The number of benzene rings is 1. The van der Waals surface area contributed by atoms with Gasteiger partial charge in [-0.15, -0.1) is 0 Å². The van der Waals surface area contributed by atoms with E-state index in [9.17, 15) is 4.79 Å². The second-order valence-electron chi connectivity index (χ2n) is 6.28. The topological polar surface area (TPSA) is 32.3 Å². The zero-order valence-electron chi connectivity index (χ0n) is 12.4. The number of amides is 1. The molecule has 1 saturated carbocycles. The van der Waals surface area contributed by atoms with Crippen molar-refractivity contribution in [3.63, 3.8) is 0 Å². The third kappa shape index (κ3) is 2.47. The minimum absolute atomic E-state index is 0.0537. The van der Waals surface area contributed by atoms with Crippen molar-refractivity contribution in [2.75, 3.05) is 6.54 Å². The Labute approximate surface area is 121 Å². The Hall–Kier alpha value is -1.35. The molecule has 2 unspecified atom stereocenters. The van der Waals surface area contributed by atoms with E-state index in [0.717, 1.165) is 0 Å². The van der Waals surface area contributed by atoms with Crippen LogP contribution in [0.4, 0.5) is 0 Å². The number of nitrogens with zero attached hydrogens (tertiary/aromatic N) is 1. The van der Waals surface area contributed by atoms with E-state index in [1.54, 1.807) is 0 Å². The first-order valence-electron chi connectivity index (χ1n) is 7.78. The summed E-state index contributed by atoms with van der Waals surface area (Å²) in [4.78, 5) is 14.4. The van der Waals surface area contributed by atoms with E-state index in [2.05, 4.69) is 48.3 Å². The summed E-state index contributed by atoms with van der Waals surface area (Å²) in [5.74, 6) is 0.919. The van der Waals surface area contributed by atoms with Crippen LogP contribution in [0.15, 0.2) is 24.3 Å². The van der Waals surface area contributed by atoms with Crippen molar-refractivity contribution >= 4 is 5.91 Å². The summed E-state index contributed by atoms with van der Waals surface area (Å²) in [6, 6.07) is 8.83. The Bertz CT molecular complexity index is 494. The molecule has 3 nitrogen and oxygen atoms in total. The highest BCUT2D eigenvalue weighted by Gasteiger charge is 2.38. The highest BCUT2D eigenvalue weighted by molar-refractivity contribution is 5.81. The van der Waals surface area contributed by atoms with Crippen molar-refractivity contribution in [3.05, 3.63) is 35.4 Å². The first-order valence-corrected chi connectivity index (χ1v) is 7.78. The summed E-state index contributed by atoms with van der Waals surface area (Å²) >= 11 is 0. The Balaban J connectivity index is 1.84. The van der Waals surface area contributed by atoms with E-state index in [4.69, 9.17) is 0 Å². The molecular weight excluding hydrogens is 248 g/mol. The molecule has 1 aromatic carbocycles. The molecular formula is C17H24N2O. The summed E-state index contributed by atoms with van der Waals surface area (Å²) in [5, 5.41) is 3.38. The van der Waals surface area contributed by atoms with Crippen LogP contribution in [0.2, 0.25) is 0 Å². The van der Waals surface area contributed by atoms with Gasteiger partial charge in [-0.1, -0.05) is 42.7 Å². The van der Waals surface area contributed by atoms with Crippen LogP contribution in [0.25, 0.3) is 0 Å². The SMILES string of the molecule is Cc1cccc(C2NCC(=O)N2C(C)C2CCCC2)c1. The fourth-order valence-corrected chi connectivity index (χ4v) is 3.77. The molecule has 20 heavy (non-hydrogen) atoms. The molecule has 1 aromatic rings. The molecule has 1 heterocycles. The molecule has 1 N–H and O–H groups in total. The summed E-state index contributed by atoms with van der Waals surface area (Å²) in [6.07, 6.45) is 5.23. The standard InChI is InChI=1S/C17H24N2O/c1-12-6-5-9-15(10-12)17-18-11-16(20)19(17)13(2)14-7-3-4-8-14/h5-6,9-10,13-14,17-18H,3-4,7-8,11H2,1-2H3. The number of aryl methyl sites for hydroxylation is 1. The Kier molecular flexibility index (Phi) is 3.79. The number of carbonyl (C=O) groups excluding carboxylic acids is 1. The number of rotatable bonds is 3. The summed E-state index contributed by atoms with van der Waals surface area (Å²) in [7, 11) is 0. The molecule has 1 saturated heterocycles. The number of nitrogens with one attached hydrogen (secondary N) is 1. The van der Waals surface area contributed by atoms with E-state index >= 15 is 0 Å². The van der Waals surface area contributed by atoms with Crippen LogP contribution in [0.3, 0.4) is 0 Å². The van der Waals surface area contributed by atoms with E-state index < -0.39 is 0 Å². The van der Waals surface area contributed by atoms with Gasteiger partial charge in [-0.25, -0.2) is 0 Å². The second-order valence-corrected chi connectivity index (χ2v) is 6.28. The van der Waals surface area contributed by atoms with Crippen LogP contribution in [-0.4, -0.2) is 23.4 Å². The fraction of sp³-hybridized carbons (Fsp3) is 0.588. The van der Waals surface area contributed by atoms with Crippen molar-refractivity contribution in [1.29, 1.82) is 0 Å². The third-order valence-corrected chi connectivity index (χ3v) is 4.89. The summed E-state index contributed by atoms with van der Waals surface area (Å²) in [5.41, 5.74) is 2.46. The normalized spacial score (nSPS) is 25.4. The second kappa shape index (κ2) is 5.57. The van der Waals surface area contributed by atoms with E-state index in [1.807, 2.05) is 0 Å². The Morgan fingerprint density at radius 1 is 1.30 bits per heavy atom. The minimum atomic E-state index is 0.0537. The zero-order chi connectivity index (χ0) is 14.1. The van der Waals surface area contributed by atoms with Crippen molar-refractivity contribution in [2.45, 2.75) is 51.7 Å². The van der Waals surface area contributed by atoms with Crippen molar-refractivity contribution in [2.24, 2.45) is 5.92 Å². The first kappa shape index (κ1) is 13.6. The van der Waals surface area contributed by atoms with E-state index in [1.165, 1.54) is 36.8 Å². The van der Waals surface area contributed by atoms with Gasteiger partial charge in [0.2, 0.25) is 5.91 Å². The largest absolute Gasteiger partial charge is 0.319 e. The molecule has 0 bridgehead atoms. The smallest absolute Gasteiger partial charge is 0.238 e. The molecule has 2 fully saturated rings. The molecule has 108 valence electrons.